The van der Waals surface area contributed by atoms with Crippen molar-refractivity contribution in [3.05, 3.63) is 47.2 Å². The zero-order chi connectivity index (χ0) is 34.4. The van der Waals surface area contributed by atoms with Crippen molar-refractivity contribution in [2.75, 3.05) is 57.7 Å². The summed E-state index contributed by atoms with van der Waals surface area (Å²) in [5.74, 6) is -0.0527. The van der Waals surface area contributed by atoms with Gasteiger partial charge in [-0.1, -0.05) is 17.7 Å². The van der Waals surface area contributed by atoms with Crippen LogP contribution in [0.2, 0.25) is 5.02 Å². The Morgan fingerprint density at radius 1 is 0.787 bits per heavy atom. The van der Waals surface area contributed by atoms with Gasteiger partial charge in [0.25, 0.3) is 5.91 Å². The van der Waals surface area contributed by atoms with E-state index in [-0.39, 0.29) is 35.5 Å². The molecule has 12 nitrogen and oxygen atoms in total. The summed E-state index contributed by atoms with van der Waals surface area (Å²) in [6.45, 7) is 16.0. The highest BCUT2D eigenvalue weighted by Crippen LogP contribution is 2.31. The molecule has 3 heterocycles. The highest BCUT2D eigenvalue weighted by Gasteiger charge is 2.30. The van der Waals surface area contributed by atoms with Gasteiger partial charge in [0, 0.05) is 70.0 Å². The number of carbonyl (C=O) groups excluding carboxylic acids is 4. The van der Waals surface area contributed by atoms with Crippen LogP contribution in [-0.4, -0.2) is 107 Å². The molecule has 3 aliphatic rings. The first-order valence-corrected chi connectivity index (χ1v) is 16.5. The molecule has 1 saturated carbocycles. The standard InChI is InChI=1S/C25H29ClN4O4.C9H18N2O2/c1-25(2,3)34-24(33)30-10-8-29(9-11-30)23(32)20-7-6-17(13-21(20)26)18-12-19(15-27-14-18)28-22(31)16-4-5-16;1-9(2,3)13-8(12)11-6-4-10-5-7-11/h6-7,12-16H,4-5,8-11H2,1-3H3,(H,28,31);10H,4-7H2,1-3H3. The lowest BCUT2D eigenvalue weighted by Crippen LogP contribution is -2.51. The molecule has 256 valence electrons. The Balaban J connectivity index is 0.000000323. The number of nitrogens with zero attached hydrogens (tertiary/aromatic N) is 4. The van der Waals surface area contributed by atoms with E-state index in [1.807, 2.05) is 53.7 Å². The van der Waals surface area contributed by atoms with Crippen LogP contribution < -0.4 is 10.6 Å². The number of pyridine rings is 1. The van der Waals surface area contributed by atoms with E-state index in [1.54, 1.807) is 39.2 Å². The van der Waals surface area contributed by atoms with Crippen LogP contribution in [-0.2, 0) is 14.3 Å². The highest BCUT2D eigenvalue weighted by atomic mass is 35.5. The van der Waals surface area contributed by atoms with Gasteiger partial charge in [-0.05, 0) is 78.1 Å². The van der Waals surface area contributed by atoms with Gasteiger partial charge in [-0.2, -0.15) is 0 Å². The molecule has 2 aromatic rings. The first-order valence-electron chi connectivity index (χ1n) is 16.1. The third-order valence-electron chi connectivity index (χ3n) is 7.47. The van der Waals surface area contributed by atoms with E-state index in [0.29, 0.717) is 42.5 Å². The molecule has 1 aliphatic carbocycles. The van der Waals surface area contributed by atoms with Crippen LogP contribution >= 0.6 is 11.6 Å². The lowest BCUT2D eigenvalue weighted by Gasteiger charge is -2.35. The molecule has 0 bridgehead atoms. The van der Waals surface area contributed by atoms with Gasteiger partial charge in [-0.15, -0.1) is 0 Å². The molecule has 5 rings (SSSR count). The molecule has 4 amide bonds. The molecule has 2 saturated heterocycles. The van der Waals surface area contributed by atoms with Gasteiger partial charge in [0.05, 0.1) is 22.5 Å². The van der Waals surface area contributed by atoms with Crippen LogP contribution in [0.3, 0.4) is 0 Å². The number of hydrogen-bond acceptors (Lipinski definition) is 8. The number of ether oxygens (including phenoxy) is 2. The molecule has 1 aromatic carbocycles. The molecule has 0 atom stereocenters. The molecule has 0 unspecified atom stereocenters. The van der Waals surface area contributed by atoms with Crippen LogP contribution in [0.15, 0.2) is 36.7 Å². The van der Waals surface area contributed by atoms with Crippen molar-refractivity contribution in [1.29, 1.82) is 0 Å². The normalized spacial score (nSPS) is 16.9. The summed E-state index contributed by atoms with van der Waals surface area (Å²) in [4.78, 5) is 58.1. The zero-order valence-electron chi connectivity index (χ0n) is 28.2. The van der Waals surface area contributed by atoms with Crippen molar-refractivity contribution in [2.45, 2.75) is 65.6 Å². The number of aromatic nitrogens is 1. The highest BCUT2D eigenvalue weighted by molar-refractivity contribution is 6.34. The minimum absolute atomic E-state index is 0.0182. The Morgan fingerprint density at radius 3 is 1.87 bits per heavy atom. The van der Waals surface area contributed by atoms with Crippen LogP contribution in [0, 0.1) is 5.92 Å². The number of halogens is 1. The Labute approximate surface area is 282 Å². The van der Waals surface area contributed by atoms with E-state index in [4.69, 9.17) is 21.1 Å². The maximum Gasteiger partial charge on any atom is 0.410 e. The Kier molecular flexibility index (Phi) is 11.7. The third-order valence-corrected chi connectivity index (χ3v) is 7.79. The van der Waals surface area contributed by atoms with E-state index in [1.165, 1.54) is 0 Å². The Morgan fingerprint density at radius 2 is 1.34 bits per heavy atom. The molecule has 2 N–H and O–H groups in total. The molecule has 1 aromatic heterocycles. The quantitative estimate of drug-likeness (QED) is 0.450. The van der Waals surface area contributed by atoms with Gasteiger partial charge in [0.2, 0.25) is 5.91 Å². The summed E-state index contributed by atoms with van der Waals surface area (Å²) in [6.07, 6.45) is 4.59. The van der Waals surface area contributed by atoms with E-state index >= 15 is 0 Å². The first-order chi connectivity index (χ1) is 22.1. The van der Waals surface area contributed by atoms with Gasteiger partial charge in [0.1, 0.15) is 11.2 Å². The lowest BCUT2D eigenvalue weighted by molar-refractivity contribution is -0.117. The summed E-state index contributed by atoms with van der Waals surface area (Å²) in [5.41, 5.74) is 1.68. The topological polar surface area (TPSA) is 133 Å². The molecule has 47 heavy (non-hydrogen) atoms. The smallest absolute Gasteiger partial charge is 0.410 e. The van der Waals surface area contributed by atoms with Crippen LogP contribution in [0.1, 0.15) is 64.7 Å². The second-order valence-corrected chi connectivity index (χ2v) is 14.3. The zero-order valence-corrected chi connectivity index (χ0v) is 29.0. The predicted octanol–water partition coefficient (Wildman–Crippen LogP) is 5.27. The largest absolute Gasteiger partial charge is 0.444 e. The number of hydrogen-bond donors (Lipinski definition) is 2. The minimum Gasteiger partial charge on any atom is -0.444 e. The van der Waals surface area contributed by atoms with E-state index in [9.17, 15) is 19.2 Å². The van der Waals surface area contributed by atoms with Gasteiger partial charge in [-0.3, -0.25) is 14.6 Å². The van der Waals surface area contributed by atoms with Crippen molar-refractivity contribution in [2.24, 2.45) is 5.92 Å². The Hall–Kier alpha value is -3.90. The average molecular weight is 671 g/mol. The molecule has 3 fully saturated rings. The van der Waals surface area contributed by atoms with Crippen LogP contribution in [0.4, 0.5) is 15.3 Å². The second-order valence-electron chi connectivity index (χ2n) is 13.9. The van der Waals surface area contributed by atoms with Crippen LogP contribution in [0.5, 0.6) is 0 Å². The minimum atomic E-state index is -0.558. The molecule has 2 aliphatic heterocycles. The predicted molar refractivity (Wildman–Crippen MR) is 180 cm³/mol. The number of rotatable bonds is 4. The summed E-state index contributed by atoms with van der Waals surface area (Å²) in [6, 6.07) is 7.10. The monoisotopic (exact) mass is 670 g/mol. The van der Waals surface area contributed by atoms with Gasteiger partial charge >= 0.3 is 12.2 Å². The fourth-order valence-electron chi connectivity index (χ4n) is 4.89. The summed E-state index contributed by atoms with van der Waals surface area (Å²) < 4.78 is 10.6. The number of carbonyl (C=O) groups is 4. The number of benzene rings is 1. The second kappa shape index (κ2) is 15.3. The van der Waals surface area contributed by atoms with Crippen molar-refractivity contribution in [3.8, 4) is 11.1 Å². The van der Waals surface area contributed by atoms with E-state index < -0.39 is 5.60 Å². The first kappa shape index (κ1) is 35.9. The molecular weight excluding hydrogens is 624 g/mol. The summed E-state index contributed by atoms with van der Waals surface area (Å²) in [5, 5.41) is 6.41. The maximum absolute atomic E-state index is 13.1. The number of anilines is 1. The van der Waals surface area contributed by atoms with Gasteiger partial charge in [-0.25, -0.2) is 9.59 Å². The SMILES string of the molecule is CC(C)(C)OC(=O)N1CCN(C(=O)c2ccc(-c3cncc(NC(=O)C4CC4)c3)cc2Cl)CC1.CC(C)(C)OC(=O)N1CCNCC1. The Bertz CT molecular complexity index is 1440. The van der Waals surface area contributed by atoms with Gasteiger partial charge in [0.15, 0.2) is 0 Å². The fourth-order valence-corrected chi connectivity index (χ4v) is 5.15. The number of amides is 4. The van der Waals surface area contributed by atoms with Crippen molar-refractivity contribution < 1.29 is 28.7 Å². The molecule has 0 spiro atoms. The average Bonchev–Trinajstić information content (AvgIpc) is 3.86. The molecule has 0 radical (unpaired) electrons. The summed E-state index contributed by atoms with van der Waals surface area (Å²) >= 11 is 6.50. The van der Waals surface area contributed by atoms with Crippen molar-refractivity contribution in [3.63, 3.8) is 0 Å². The van der Waals surface area contributed by atoms with E-state index in [2.05, 4.69) is 15.6 Å². The lowest BCUT2D eigenvalue weighted by atomic mass is 10.0. The van der Waals surface area contributed by atoms with Gasteiger partial charge < -0.3 is 34.8 Å². The van der Waals surface area contributed by atoms with Crippen molar-refractivity contribution in [1.82, 2.24) is 25.0 Å². The third kappa shape index (κ3) is 11.1. The van der Waals surface area contributed by atoms with Crippen LogP contribution in [0.25, 0.3) is 11.1 Å². The van der Waals surface area contributed by atoms with Crippen molar-refractivity contribution >= 4 is 41.3 Å². The van der Waals surface area contributed by atoms with E-state index in [0.717, 1.165) is 50.1 Å². The maximum atomic E-state index is 13.1. The number of nitrogens with one attached hydrogen (secondary N) is 2. The molecular formula is C34H47ClN6O6. The number of piperazine rings is 2. The summed E-state index contributed by atoms with van der Waals surface area (Å²) in [7, 11) is 0. The molecule has 13 heteroatoms. The fraction of sp³-hybridized carbons (Fsp3) is 0.559.